The molecule has 0 saturated heterocycles. The lowest BCUT2D eigenvalue weighted by Gasteiger charge is -2.58. The summed E-state index contributed by atoms with van der Waals surface area (Å²) in [6, 6.07) is 1.76. The molecule has 8 nitrogen and oxygen atoms in total. The van der Waals surface area contributed by atoms with E-state index in [1.165, 1.54) is 30.3 Å². The molecule has 210 valence electrons. The lowest BCUT2D eigenvalue weighted by atomic mass is 9.46. The maximum absolute atomic E-state index is 12.7. The largest absolute Gasteiger partial charge is 0.456 e. The maximum Gasteiger partial charge on any atom is 0.355 e. The van der Waals surface area contributed by atoms with Gasteiger partial charge in [-0.15, -0.1) is 0 Å². The number of ether oxygens (including phenoxy) is 1. The SMILES string of the molecule is C/C(=C/CN1CN(C)c2ncnc(N)c21)C[C@]1(C)[C@@H](C)CC[C@@]2(C)C(COC(=O)c3cc(Br)c[nH]3)=CCC[C@@H]12. The molecule has 0 radical (unpaired) electrons. The number of aromatic amines is 1. The zero-order valence-electron chi connectivity index (χ0n) is 23.8. The minimum Gasteiger partial charge on any atom is -0.456 e. The molecule has 1 saturated carbocycles. The van der Waals surface area contributed by atoms with E-state index >= 15 is 0 Å². The molecule has 9 heteroatoms. The van der Waals surface area contributed by atoms with Gasteiger partial charge in [0.1, 0.15) is 24.3 Å². The number of carbonyl (C=O) groups excluding carboxylic acids is 1. The molecule has 1 aliphatic heterocycles. The molecule has 0 unspecified atom stereocenters. The van der Waals surface area contributed by atoms with Crippen LogP contribution in [0.4, 0.5) is 17.3 Å². The minimum absolute atomic E-state index is 0.0266. The van der Waals surface area contributed by atoms with Crippen molar-refractivity contribution < 1.29 is 9.53 Å². The molecular formula is C30H41BrN6O2. The van der Waals surface area contributed by atoms with Crippen LogP contribution in [0, 0.1) is 22.7 Å². The second-order valence-electron chi connectivity index (χ2n) is 12.3. The first-order valence-corrected chi connectivity index (χ1v) is 14.7. The Labute approximate surface area is 240 Å². The van der Waals surface area contributed by atoms with Crippen molar-refractivity contribution in [1.29, 1.82) is 0 Å². The third-order valence-corrected chi connectivity index (χ3v) is 10.3. The van der Waals surface area contributed by atoms with E-state index < -0.39 is 0 Å². The van der Waals surface area contributed by atoms with Gasteiger partial charge in [0.25, 0.3) is 0 Å². The smallest absolute Gasteiger partial charge is 0.355 e. The summed E-state index contributed by atoms with van der Waals surface area (Å²) in [5.41, 5.74) is 10.5. The maximum atomic E-state index is 12.7. The molecule has 39 heavy (non-hydrogen) atoms. The van der Waals surface area contributed by atoms with Gasteiger partial charge >= 0.3 is 5.97 Å². The molecule has 1 fully saturated rings. The summed E-state index contributed by atoms with van der Waals surface area (Å²) in [6.07, 6.45) is 13.5. The Kier molecular flexibility index (Phi) is 7.57. The van der Waals surface area contributed by atoms with Gasteiger partial charge < -0.3 is 25.3 Å². The molecule has 0 bridgehead atoms. The number of esters is 1. The van der Waals surface area contributed by atoms with E-state index in [1.807, 2.05) is 7.05 Å². The Morgan fingerprint density at radius 3 is 2.87 bits per heavy atom. The summed E-state index contributed by atoms with van der Waals surface area (Å²) in [6.45, 7) is 11.5. The summed E-state index contributed by atoms with van der Waals surface area (Å²) < 4.78 is 6.66. The summed E-state index contributed by atoms with van der Waals surface area (Å²) in [4.78, 5) is 28.6. The van der Waals surface area contributed by atoms with Gasteiger partial charge in [-0.2, -0.15) is 0 Å². The molecule has 0 aromatic carbocycles. The van der Waals surface area contributed by atoms with Crippen LogP contribution in [-0.4, -0.2) is 47.8 Å². The van der Waals surface area contributed by atoms with Crippen LogP contribution in [0.1, 0.15) is 70.3 Å². The second kappa shape index (κ2) is 10.6. The van der Waals surface area contributed by atoms with Crippen molar-refractivity contribution in [3.8, 4) is 0 Å². The van der Waals surface area contributed by atoms with Gasteiger partial charge in [-0.05, 0) is 89.3 Å². The molecule has 3 heterocycles. The monoisotopic (exact) mass is 596 g/mol. The fourth-order valence-corrected chi connectivity index (χ4v) is 7.80. The normalized spacial score (nSPS) is 28.7. The molecule has 3 N–H and O–H groups in total. The van der Waals surface area contributed by atoms with Crippen LogP contribution in [0.5, 0.6) is 0 Å². The zero-order valence-corrected chi connectivity index (χ0v) is 25.3. The Balaban J connectivity index is 1.30. The Morgan fingerprint density at radius 1 is 1.33 bits per heavy atom. The average Bonchev–Trinajstić information content (AvgIpc) is 3.48. The molecular weight excluding hydrogens is 556 g/mol. The van der Waals surface area contributed by atoms with Crippen LogP contribution in [0.3, 0.4) is 0 Å². The number of nitrogens with two attached hydrogens (primary N) is 1. The van der Waals surface area contributed by atoms with Crippen molar-refractivity contribution in [3.63, 3.8) is 0 Å². The Morgan fingerprint density at radius 2 is 2.13 bits per heavy atom. The van der Waals surface area contributed by atoms with Crippen molar-refractivity contribution in [2.24, 2.45) is 22.7 Å². The molecule has 2 aliphatic carbocycles. The van der Waals surface area contributed by atoms with E-state index in [9.17, 15) is 4.79 Å². The van der Waals surface area contributed by atoms with E-state index in [-0.39, 0.29) is 16.8 Å². The fourth-order valence-electron chi connectivity index (χ4n) is 7.46. The van der Waals surface area contributed by atoms with Crippen LogP contribution in [0.2, 0.25) is 0 Å². The number of carbonyl (C=O) groups is 1. The number of hydrogen-bond donors (Lipinski definition) is 2. The highest BCUT2D eigenvalue weighted by Crippen LogP contribution is 2.62. The van der Waals surface area contributed by atoms with Crippen LogP contribution in [0.25, 0.3) is 0 Å². The van der Waals surface area contributed by atoms with Gasteiger partial charge in [0.15, 0.2) is 11.6 Å². The van der Waals surface area contributed by atoms with Gasteiger partial charge in [-0.1, -0.05) is 38.5 Å². The van der Waals surface area contributed by atoms with Crippen molar-refractivity contribution in [1.82, 2.24) is 15.0 Å². The summed E-state index contributed by atoms with van der Waals surface area (Å²) in [5.74, 6) is 2.25. The number of nitrogens with zero attached hydrogens (tertiary/aromatic N) is 4. The number of nitrogens with one attached hydrogen (secondary N) is 1. The molecule has 2 aromatic heterocycles. The number of allylic oxidation sites excluding steroid dienone is 2. The standard InChI is InChI=1S/C30H41BrN6O2/c1-19(10-12-37-18-36(5)27-25(37)26(32)34-17-35-27)14-30(4)20(2)9-11-29(3)21(7-6-8-24(29)30)16-39-28(38)23-13-22(31)15-33-23/h7,10,13,15,17,20,24,33H,6,8-9,11-12,14,16,18H2,1-5H3,(H2,32,34,35)/b19-10-/t20-,24+,29-,30+/m0/s1. The first-order chi connectivity index (χ1) is 18.5. The predicted molar refractivity (Wildman–Crippen MR) is 160 cm³/mol. The Hall–Kier alpha value is -2.81. The lowest BCUT2D eigenvalue weighted by Crippen LogP contribution is -2.50. The highest BCUT2D eigenvalue weighted by atomic mass is 79.9. The number of nitrogen functional groups attached to an aromatic ring is 1. The predicted octanol–water partition coefficient (Wildman–Crippen LogP) is 6.34. The average molecular weight is 598 g/mol. The molecule has 0 spiro atoms. The van der Waals surface area contributed by atoms with E-state index in [1.54, 1.807) is 12.3 Å². The number of fused-ring (bicyclic) bond motifs is 2. The van der Waals surface area contributed by atoms with Crippen molar-refractivity contribution >= 4 is 39.2 Å². The first-order valence-electron chi connectivity index (χ1n) is 14.0. The molecule has 2 aromatic rings. The molecule has 5 rings (SSSR count). The summed E-state index contributed by atoms with van der Waals surface area (Å²) in [5, 5.41) is 0. The molecule has 0 amide bonds. The molecule has 4 atom stereocenters. The first kappa shape index (κ1) is 27.7. The van der Waals surface area contributed by atoms with Gasteiger partial charge in [-0.3, -0.25) is 0 Å². The van der Waals surface area contributed by atoms with Gasteiger partial charge in [-0.25, -0.2) is 14.8 Å². The zero-order chi connectivity index (χ0) is 27.9. The van der Waals surface area contributed by atoms with E-state index in [4.69, 9.17) is 10.5 Å². The number of aromatic nitrogens is 3. The van der Waals surface area contributed by atoms with Crippen molar-refractivity contribution in [2.45, 2.75) is 59.8 Å². The van der Waals surface area contributed by atoms with Gasteiger partial charge in [0.05, 0.1) is 6.67 Å². The molecule has 3 aliphatic rings. The number of halogens is 1. The van der Waals surface area contributed by atoms with Crippen LogP contribution < -0.4 is 15.5 Å². The minimum atomic E-state index is -0.307. The quantitative estimate of drug-likeness (QED) is 0.284. The summed E-state index contributed by atoms with van der Waals surface area (Å²) >= 11 is 3.39. The Bertz CT molecular complexity index is 1300. The van der Waals surface area contributed by atoms with Crippen molar-refractivity contribution in [2.75, 3.05) is 42.4 Å². The van der Waals surface area contributed by atoms with E-state index in [0.29, 0.717) is 30.0 Å². The number of hydrogen-bond acceptors (Lipinski definition) is 7. The highest BCUT2D eigenvalue weighted by Gasteiger charge is 2.54. The topological polar surface area (TPSA) is 100 Å². The lowest BCUT2D eigenvalue weighted by molar-refractivity contribution is -0.0462. The number of rotatable bonds is 7. The number of H-pyrrole nitrogens is 1. The van der Waals surface area contributed by atoms with E-state index in [2.05, 4.69) is 80.5 Å². The second-order valence-corrected chi connectivity index (χ2v) is 13.2. The van der Waals surface area contributed by atoms with Gasteiger partial charge in [0.2, 0.25) is 0 Å². The van der Waals surface area contributed by atoms with Gasteiger partial charge in [0, 0.05) is 24.3 Å². The third kappa shape index (κ3) is 5.10. The van der Waals surface area contributed by atoms with E-state index in [0.717, 1.165) is 48.5 Å². The van der Waals surface area contributed by atoms with Crippen LogP contribution in [-0.2, 0) is 4.74 Å². The highest BCUT2D eigenvalue weighted by molar-refractivity contribution is 9.10. The van der Waals surface area contributed by atoms with Crippen molar-refractivity contribution in [3.05, 3.63) is 52.1 Å². The number of anilines is 3. The van der Waals surface area contributed by atoms with Crippen LogP contribution >= 0.6 is 15.9 Å². The van der Waals surface area contributed by atoms with Crippen LogP contribution in [0.15, 0.2) is 46.4 Å². The third-order valence-electron chi connectivity index (χ3n) is 9.81. The fraction of sp³-hybridized carbons (Fsp3) is 0.567. The summed E-state index contributed by atoms with van der Waals surface area (Å²) in [7, 11) is 2.04.